The molecule has 1 saturated carbocycles. The summed E-state index contributed by atoms with van der Waals surface area (Å²) in [5.74, 6) is -0.0425. The summed E-state index contributed by atoms with van der Waals surface area (Å²) in [5, 5.41) is 14.6. The van der Waals surface area contributed by atoms with Crippen molar-refractivity contribution < 1.29 is 14.6 Å². The van der Waals surface area contributed by atoms with Crippen LogP contribution in [0, 0.1) is 0 Å². The molecule has 6 heteroatoms. The molecule has 0 amide bonds. The predicted octanol–water partition coefficient (Wildman–Crippen LogP) is 6.53. The molecule has 2 aromatic carbocycles. The van der Waals surface area contributed by atoms with Crippen LogP contribution in [0.2, 0.25) is 5.02 Å². The largest absolute Gasteiger partial charge is 0.478 e. The average Bonchev–Trinajstić information content (AvgIpc) is 3.64. The van der Waals surface area contributed by atoms with E-state index in [2.05, 4.69) is 11.4 Å². The second-order valence-electron chi connectivity index (χ2n) is 8.93. The Hall–Kier alpha value is -2.63. The number of carboxylic acid groups (broad SMARTS) is 1. The average molecular weight is 451 g/mol. The Morgan fingerprint density at radius 1 is 1.19 bits per heavy atom. The lowest BCUT2D eigenvalue weighted by molar-refractivity contribution is 0.0698. The Labute approximate surface area is 192 Å². The molecule has 5 rings (SSSR count). The third-order valence-corrected chi connectivity index (χ3v) is 6.77. The van der Waals surface area contributed by atoms with Gasteiger partial charge in [-0.1, -0.05) is 23.7 Å². The van der Waals surface area contributed by atoms with Crippen LogP contribution in [-0.2, 0) is 4.74 Å². The van der Waals surface area contributed by atoms with Crippen LogP contribution in [0.4, 0.5) is 5.69 Å². The fourth-order valence-corrected chi connectivity index (χ4v) is 4.98. The lowest BCUT2D eigenvalue weighted by Crippen LogP contribution is -2.18. The molecular weight excluding hydrogens is 424 g/mol. The number of ether oxygens (including phenoxy) is 1. The highest BCUT2D eigenvalue weighted by Crippen LogP contribution is 2.45. The minimum atomic E-state index is -0.952. The molecule has 0 spiro atoms. The topological polar surface area (TPSA) is 71.5 Å². The van der Waals surface area contributed by atoms with Gasteiger partial charge in [-0.05, 0) is 74.1 Å². The summed E-state index contributed by atoms with van der Waals surface area (Å²) in [5.41, 5.74) is 5.26. The molecule has 1 aliphatic heterocycles. The van der Waals surface area contributed by atoms with E-state index >= 15 is 0 Å². The number of aromatic carboxylic acids is 1. The fraction of sp³-hybridized carbons (Fsp3) is 0.385. The highest BCUT2D eigenvalue weighted by Gasteiger charge is 2.31. The molecule has 166 valence electrons. The van der Waals surface area contributed by atoms with Crippen molar-refractivity contribution in [3.05, 3.63) is 69.9 Å². The van der Waals surface area contributed by atoms with E-state index in [1.807, 2.05) is 25.1 Å². The standard InChI is InChI=1S/C26H27ClN2O3/c1-15(28-23-7-3-2-6-19(23)26(30)31)20-11-18(27)12-24-22(20)13-21(17-5-4-10-32-14-17)25(29-24)16-8-9-16/h2-3,6-7,11-13,15-17,28H,4-5,8-10,14H2,1H3,(H,30,31)/t15-,17+/m1/s1. The first-order valence-electron chi connectivity index (χ1n) is 11.3. The first kappa shape index (κ1) is 21.2. The molecule has 2 atom stereocenters. The lowest BCUT2D eigenvalue weighted by atomic mass is 9.88. The van der Waals surface area contributed by atoms with Gasteiger partial charge in [0.25, 0.3) is 0 Å². The molecule has 1 aromatic heterocycles. The highest BCUT2D eigenvalue weighted by molar-refractivity contribution is 6.31. The van der Waals surface area contributed by atoms with Gasteiger partial charge in [-0.3, -0.25) is 4.98 Å². The van der Waals surface area contributed by atoms with Crippen molar-refractivity contribution >= 4 is 34.2 Å². The van der Waals surface area contributed by atoms with E-state index in [0.29, 0.717) is 22.5 Å². The molecule has 0 bridgehead atoms. The number of nitrogens with one attached hydrogen (secondary N) is 1. The van der Waals surface area contributed by atoms with Crippen LogP contribution in [0.3, 0.4) is 0 Å². The second-order valence-corrected chi connectivity index (χ2v) is 9.37. The van der Waals surface area contributed by atoms with E-state index in [9.17, 15) is 9.90 Å². The van der Waals surface area contributed by atoms with Crippen molar-refractivity contribution in [3.63, 3.8) is 0 Å². The quantitative estimate of drug-likeness (QED) is 0.446. The smallest absolute Gasteiger partial charge is 0.337 e. The highest BCUT2D eigenvalue weighted by atomic mass is 35.5. The number of rotatable bonds is 6. The van der Waals surface area contributed by atoms with Gasteiger partial charge in [0.1, 0.15) is 0 Å². The van der Waals surface area contributed by atoms with Crippen molar-refractivity contribution in [1.29, 1.82) is 0 Å². The maximum Gasteiger partial charge on any atom is 0.337 e. The number of hydrogen-bond acceptors (Lipinski definition) is 4. The van der Waals surface area contributed by atoms with E-state index in [0.717, 1.165) is 42.5 Å². The van der Waals surface area contributed by atoms with E-state index < -0.39 is 5.97 Å². The third kappa shape index (κ3) is 4.19. The van der Waals surface area contributed by atoms with Gasteiger partial charge < -0.3 is 15.2 Å². The Balaban J connectivity index is 1.59. The van der Waals surface area contributed by atoms with E-state index in [1.165, 1.54) is 24.1 Å². The summed E-state index contributed by atoms with van der Waals surface area (Å²) in [6.45, 7) is 3.61. The number of carboxylic acids is 1. The van der Waals surface area contributed by atoms with Crippen molar-refractivity contribution in [2.45, 2.75) is 50.5 Å². The lowest BCUT2D eigenvalue weighted by Gasteiger charge is -2.26. The Bertz CT molecular complexity index is 1170. The van der Waals surface area contributed by atoms with Gasteiger partial charge in [-0.25, -0.2) is 4.79 Å². The zero-order chi connectivity index (χ0) is 22.2. The number of hydrogen-bond donors (Lipinski definition) is 2. The number of nitrogens with zero attached hydrogens (tertiary/aromatic N) is 1. The van der Waals surface area contributed by atoms with Gasteiger partial charge in [-0.15, -0.1) is 0 Å². The number of pyridine rings is 1. The Morgan fingerprint density at radius 3 is 2.72 bits per heavy atom. The molecule has 5 nitrogen and oxygen atoms in total. The van der Waals surface area contributed by atoms with E-state index in [1.54, 1.807) is 18.2 Å². The fourth-order valence-electron chi connectivity index (χ4n) is 4.76. The maximum absolute atomic E-state index is 11.7. The van der Waals surface area contributed by atoms with Gasteiger partial charge in [0.05, 0.1) is 17.7 Å². The molecule has 2 heterocycles. The maximum atomic E-state index is 11.7. The van der Waals surface area contributed by atoms with Gasteiger partial charge in [-0.2, -0.15) is 0 Å². The molecular formula is C26H27ClN2O3. The molecule has 1 saturated heterocycles. The number of aromatic nitrogens is 1. The second kappa shape index (κ2) is 8.72. The van der Waals surface area contributed by atoms with Crippen LogP contribution in [0.25, 0.3) is 10.9 Å². The van der Waals surface area contributed by atoms with Crippen LogP contribution < -0.4 is 5.32 Å². The molecule has 3 aromatic rings. The monoisotopic (exact) mass is 450 g/mol. The zero-order valence-corrected chi connectivity index (χ0v) is 18.9. The molecule has 2 fully saturated rings. The first-order valence-corrected chi connectivity index (χ1v) is 11.7. The predicted molar refractivity (Wildman–Crippen MR) is 127 cm³/mol. The summed E-state index contributed by atoms with van der Waals surface area (Å²) in [6, 6.07) is 13.0. The van der Waals surface area contributed by atoms with Crippen LogP contribution in [0.1, 0.15) is 77.7 Å². The van der Waals surface area contributed by atoms with Crippen LogP contribution >= 0.6 is 11.6 Å². The summed E-state index contributed by atoms with van der Waals surface area (Å²) in [4.78, 5) is 16.8. The van der Waals surface area contributed by atoms with E-state index in [-0.39, 0.29) is 11.6 Å². The number of benzene rings is 2. The third-order valence-electron chi connectivity index (χ3n) is 6.55. The summed E-state index contributed by atoms with van der Waals surface area (Å²) < 4.78 is 5.80. The van der Waals surface area contributed by atoms with Crippen LogP contribution in [-0.4, -0.2) is 29.3 Å². The van der Waals surface area contributed by atoms with Crippen molar-refractivity contribution in [3.8, 4) is 0 Å². The minimum absolute atomic E-state index is 0.152. The Kier molecular flexibility index (Phi) is 5.78. The molecule has 2 aliphatic rings. The minimum Gasteiger partial charge on any atom is -0.478 e. The first-order chi connectivity index (χ1) is 15.5. The molecule has 0 unspecified atom stereocenters. The van der Waals surface area contributed by atoms with Gasteiger partial charge in [0.2, 0.25) is 0 Å². The zero-order valence-electron chi connectivity index (χ0n) is 18.1. The van der Waals surface area contributed by atoms with Crippen LogP contribution in [0.15, 0.2) is 42.5 Å². The molecule has 0 radical (unpaired) electrons. The number of anilines is 1. The van der Waals surface area contributed by atoms with Gasteiger partial charge in [0.15, 0.2) is 0 Å². The number of halogens is 1. The summed E-state index contributed by atoms with van der Waals surface area (Å²) in [7, 11) is 0. The van der Waals surface area contributed by atoms with Crippen molar-refractivity contribution in [2.24, 2.45) is 0 Å². The summed E-state index contributed by atoms with van der Waals surface area (Å²) in [6.07, 6.45) is 4.58. The summed E-state index contributed by atoms with van der Waals surface area (Å²) >= 11 is 6.51. The van der Waals surface area contributed by atoms with Gasteiger partial charge in [0, 0.05) is 46.3 Å². The van der Waals surface area contributed by atoms with Crippen molar-refractivity contribution in [1.82, 2.24) is 4.98 Å². The number of para-hydroxylation sites is 1. The van der Waals surface area contributed by atoms with Crippen molar-refractivity contribution in [2.75, 3.05) is 18.5 Å². The SMILES string of the molecule is C[C@@H](Nc1ccccc1C(=O)O)c1cc(Cl)cc2nc(C3CC3)c([C@H]3CCCOC3)cc12. The molecule has 2 N–H and O–H groups in total. The number of carbonyl (C=O) groups is 1. The Morgan fingerprint density at radius 2 is 2.00 bits per heavy atom. The van der Waals surface area contributed by atoms with Gasteiger partial charge >= 0.3 is 5.97 Å². The molecule has 1 aliphatic carbocycles. The van der Waals surface area contributed by atoms with Crippen LogP contribution in [0.5, 0.6) is 0 Å². The molecule has 32 heavy (non-hydrogen) atoms. The van der Waals surface area contributed by atoms with E-state index in [4.69, 9.17) is 21.3 Å². The number of fused-ring (bicyclic) bond motifs is 1. The normalized spacial score (nSPS) is 19.6.